The number of hydrogen-bond acceptors (Lipinski definition) is 5. The molecule has 0 aliphatic carbocycles. The Hall–Kier alpha value is -1.40. The highest BCUT2D eigenvalue weighted by molar-refractivity contribution is 7.98. The highest BCUT2D eigenvalue weighted by atomic mass is 32.2. The first-order chi connectivity index (χ1) is 10.9. The summed E-state index contributed by atoms with van der Waals surface area (Å²) < 4.78 is 11.0. The van der Waals surface area contributed by atoms with Gasteiger partial charge in [0.05, 0.1) is 18.8 Å². The maximum Gasteiger partial charge on any atom is 0.251 e. The van der Waals surface area contributed by atoms with E-state index >= 15 is 0 Å². The van der Waals surface area contributed by atoms with Crippen molar-refractivity contribution in [2.45, 2.75) is 32.8 Å². The van der Waals surface area contributed by atoms with Gasteiger partial charge in [-0.05, 0) is 57.4 Å². The maximum absolute atomic E-state index is 12.3. The van der Waals surface area contributed by atoms with Crippen LogP contribution in [0.2, 0.25) is 0 Å². The van der Waals surface area contributed by atoms with Crippen LogP contribution in [-0.4, -0.2) is 48.4 Å². The quantitative estimate of drug-likeness (QED) is 0.685. The molecule has 0 aromatic heterocycles. The number of benzene rings is 1. The number of ether oxygens (including phenoxy) is 2. The van der Waals surface area contributed by atoms with Gasteiger partial charge in [0.2, 0.25) is 0 Å². The van der Waals surface area contributed by atoms with E-state index in [1.54, 1.807) is 36.9 Å². The van der Waals surface area contributed by atoms with Crippen molar-refractivity contribution in [1.82, 2.24) is 5.32 Å². The first-order valence-corrected chi connectivity index (χ1v) is 9.22. The fourth-order valence-electron chi connectivity index (χ4n) is 1.98. The molecular formula is C17H27NO4S. The average molecular weight is 341 g/mol. The zero-order chi connectivity index (χ0) is 17.3. The number of hydrogen-bond donors (Lipinski definition) is 2. The number of rotatable bonds is 10. The Morgan fingerprint density at radius 1 is 1.26 bits per heavy atom. The lowest BCUT2D eigenvalue weighted by atomic mass is 10.0. The van der Waals surface area contributed by atoms with Crippen LogP contribution in [0.15, 0.2) is 18.2 Å². The minimum atomic E-state index is -0.910. The molecular weight excluding hydrogens is 314 g/mol. The molecule has 1 rings (SSSR count). The lowest BCUT2D eigenvalue weighted by molar-refractivity contribution is 0.0528. The Labute approximate surface area is 142 Å². The molecule has 1 atom stereocenters. The molecule has 1 amide bonds. The first kappa shape index (κ1) is 19.6. The van der Waals surface area contributed by atoms with Gasteiger partial charge in [-0.1, -0.05) is 0 Å². The van der Waals surface area contributed by atoms with E-state index < -0.39 is 5.60 Å². The fraction of sp³-hybridized carbons (Fsp3) is 0.588. The lowest BCUT2D eigenvalue weighted by Crippen LogP contribution is -2.41. The number of carbonyl (C=O) groups excluding carboxylic acids is 1. The van der Waals surface area contributed by atoms with Crippen LogP contribution in [0.1, 0.15) is 37.6 Å². The van der Waals surface area contributed by atoms with Gasteiger partial charge in [0.1, 0.15) is 0 Å². The van der Waals surface area contributed by atoms with E-state index in [1.807, 2.05) is 20.1 Å². The van der Waals surface area contributed by atoms with Crippen molar-refractivity contribution in [3.8, 4) is 11.5 Å². The minimum absolute atomic E-state index is 0.212. The highest BCUT2D eigenvalue weighted by Crippen LogP contribution is 2.28. The molecule has 0 fully saturated rings. The molecule has 23 heavy (non-hydrogen) atoms. The summed E-state index contributed by atoms with van der Waals surface area (Å²) in [6.07, 6.45) is 2.62. The molecule has 0 bridgehead atoms. The van der Waals surface area contributed by atoms with E-state index in [9.17, 15) is 9.90 Å². The fourth-order valence-corrected chi connectivity index (χ4v) is 2.62. The van der Waals surface area contributed by atoms with Crippen LogP contribution in [0.5, 0.6) is 11.5 Å². The Morgan fingerprint density at radius 3 is 2.52 bits per heavy atom. The molecule has 5 nitrogen and oxygen atoms in total. The highest BCUT2D eigenvalue weighted by Gasteiger charge is 2.21. The number of carbonyl (C=O) groups is 1. The van der Waals surface area contributed by atoms with E-state index in [1.165, 1.54) is 0 Å². The maximum atomic E-state index is 12.3. The van der Waals surface area contributed by atoms with Crippen LogP contribution in [-0.2, 0) is 0 Å². The van der Waals surface area contributed by atoms with Crippen molar-refractivity contribution < 1.29 is 19.4 Å². The van der Waals surface area contributed by atoms with Gasteiger partial charge in [0.25, 0.3) is 5.91 Å². The van der Waals surface area contributed by atoms with Crippen LogP contribution in [0.4, 0.5) is 0 Å². The summed E-state index contributed by atoms with van der Waals surface area (Å²) in [7, 11) is 0. The van der Waals surface area contributed by atoms with Crippen molar-refractivity contribution >= 4 is 17.7 Å². The monoisotopic (exact) mass is 341 g/mol. The molecule has 0 saturated heterocycles. The largest absolute Gasteiger partial charge is 0.490 e. The van der Waals surface area contributed by atoms with E-state index in [2.05, 4.69) is 5.32 Å². The van der Waals surface area contributed by atoms with Crippen molar-refractivity contribution in [3.05, 3.63) is 23.8 Å². The van der Waals surface area contributed by atoms with E-state index in [0.29, 0.717) is 36.7 Å². The summed E-state index contributed by atoms with van der Waals surface area (Å²) in [5, 5.41) is 13.0. The van der Waals surface area contributed by atoms with E-state index in [0.717, 1.165) is 5.75 Å². The van der Waals surface area contributed by atoms with E-state index in [-0.39, 0.29) is 12.5 Å². The molecule has 130 valence electrons. The summed E-state index contributed by atoms with van der Waals surface area (Å²) in [5.41, 5.74) is -0.426. The molecule has 0 heterocycles. The molecule has 0 unspecified atom stereocenters. The van der Waals surface area contributed by atoms with Gasteiger partial charge in [-0.15, -0.1) is 0 Å². The topological polar surface area (TPSA) is 67.8 Å². The second-order valence-corrected chi connectivity index (χ2v) is 6.44. The van der Waals surface area contributed by atoms with E-state index in [4.69, 9.17) is 9.47 Å². The van der Waals surface area contributed by atoms with Crippen molar-refractivity contribution in [2.24, 2.45) is 0 Å². The molecule has 6 heteroatoms. The number of thioether (sulfide) groups is 1. The van der Waals surface area contributed by atoms with Crippen molar-refractivity contribution in [3.63, 3.8) is 0 Å². The Morgan fingerprint density at radius 2 is 1.91 bits per heavy atom. The Bertz CT molecular complexity index is 505. The van der Waals surface area contributed by atoms with Gasteiger partial charge in [-0.3, -0.25) is 4.79 Å². The zero-order valence-corrected chi connectivity index (χ0v) is 15.2. The van der Waals surface area contributed by atoms with Gasteiger partial charge in [0, 0.05) is 12.1 Å². The molecule has 2 N–H and O–H groups in total. The number of nitrogens with one attached hydrogen (secondary N) is 1. The van der Waals surface area contributed by atoms with Crippen LogP contribution in [0.3, 0.4) is 0 Å². The lowest BCUT2D eigenvalue weighted by Gasteiger charge is -2.23. The van der Waals surface area contributed by atoms with Crippen molar-refractivity contribution in [2.75, 3.05) is 31.8 Å². The number of aliphatic hydroxyl groups is 1. The van der Waals surface area contributed by atoms with Gasteiger partial charge in [0.15, 0.2) is 11.5 Å². The minimum Gasteiger partial charge on any atom is -0.490 e. The van der Waals surface area contributed by atoms with Crippen LogP contribution in [0.25, 0.3) is 0 Å². The summed E-state index contributed by atoms with van der Waals surface area (Å²) >= 11 is 1.67. The standard InChI is InChI=1S/C17H27NO4S/c1-5-21-14-8-7-13(11-15(14)22-6-2)16(19)18-12-17(3,20)9-10-23-4/h7-8,11,20H,5-6,9-10,12H2,1-4H3,(H,18,19)/t17-/m1/s1. The van der Waals surface area contributed by atoms with Crippen LogP contribution < -0.4 is 14.8 Å². The summed E-state index contributed by atoms with van der Waals surface area (Å²) in [6, 6.07) is 5.09. The third-order valence-corrected chi connectivity index (χ3v) is 3.89. The van der Waals surface area contributed by atoms with Gasteiger partial charge in [-0.2, -0.15) is 11.8 Å². The summed E-state index contributed by atoms with van der Waals surface area (Å²) in [5.74, 6) is 1.79. The summed E-state index contributed by atoms with van der Waals surface area (Å²) in [4.78, 5) is 12.3. The van der Waals surface area contributed by atoms with Crippen LogP contribution in [0, 0.1) is 0 Å². The third kappa shape index (κ3) is 6.71. The predicted molar refractivity (Wildman–Crippen MR) is 94.7 cm³/mol. The molecule has 1 aromatic carbocycles. The third-order valence-electron chi connectivity index (χ3n) is 3.28. The Balaban J connectivity index is 2.74. The normalized spacial score (nSPS) is 13.3. The second kappa shape index (κ2) is 9.67. The van der Waals surface area contributed by atoms with Gasteiger partial charge >= 0.3 is 0 Å². The van der Waals surface area contributed by atoms with Crippen molar-refractivity contribution in [1.29, 1.82) is 0 Å². The zero-order valence-electron chi connectivity index (χ0n) is 14.3. The van der Waals surface area contributed by atoms with Gasteiger partial charge < -0.3 is 19.9 Å². The average Bonchev–Trinajstić information content (AvgIpc) is 2.53. The van der Waals surface area contributed by atoms with Gasteiger partial charge in [-0.25, -0.2) is 0 Å². The molecule has 1 aromatic rings. The number of amides is 1. The molecule has 0 radical (unpaired) electrons. The molecule has 0 aliphatic rings. The molecule has 0 aliphatic heterocycles. The second-order valence-electron chi connectivity index (χ2n) is 5.45. The molecule has 0 saturated carbocycles. The predicted octanol–water partition coefficient (Wildman–Crippen LogP) is 2.72. The molecule has 0 spiro atoms. The first-order valence-electron chi connectivity index (χ1n) is 7.82. The smallest absolute Gasteiger partial charge is 0.251 e. The summed E-state index contributed by atoms with van der Waals surface area (Å²) in [6.45, 7) is 6.74. The Kier molecular flexibility index (Phi) is 8.26. The van der Waals surface area contributed by atoms with Crippen LogP contribution >= 0.6 is 11.8 Å². The SMILES string of the molecule is CCOc1ccc(C(=O)NC[C@](C)(O)CCSC)cc1OCC.